The zero-order chi connectivity index (χ0) is 13.1. The summed E-state index contributed by atoms with van der Waals surface area (Å²) in [4.78, 5) is 10.5. The number of carboxylic acid groups (broad SMARTS) is 1. The van der Waals surface area contributed by atoms with E-state index >= 15 is 0 Å². The van der Waals surface area contributed by atoms with Crippen molar-refractivity contribution in [3.05, 3.63) is 0 Å². The average molecular weight is 253 g/mol. The Morgan fingerprint density at radius 1 is 1.47 bits per heavy atom. The fraction of sp³-hybridized carbons (Fsp3) is 0.909. The molecule has 0 aliphatic heterocycles. The Bertz CT molecular complexity index is 268. The van der Waals surface area contributed by atoms with Crippen molar-refractivity contribution in [1.82, 2.24) is 5.32 Å². The quantitative estimate of drug-likeness (QED) is 0.790. The fourth-order valence-corrected chi connectivity index (χ4v) is 2.28. The summed E-state index contributed by atoms with van der Waals surface area (Å²) in [5, 5.41) is 11.1. The molecule has 0 aromatic carbocycles. The number of rotatable bonds is 5. The molecule has 3 nitrogen and oxygen atoms in total. The molecule has 0 bridgehead atoms. The van der Waals surface area contributed by atoms with E-state index in [1.165, 1.54) is 0 Å². The molecule has 0 radical (unpaired) electrons. The van der Waals surface area contributed by atoms with E-state index in [0.29, 0.717) is 18.4 Å². The summed E-state index contributed by atoms with van der Waals surface area (Å²) < 4.78 is 37.0. The highest BCUT2D eigenvalue weighted by molar-refractivity contribution is 5.71. The third-order valence-electron chi connectivity index (χ3n) is 3.49. The van der Waals surface area contributed by atoms with Gasteiger partial charge < -0.3 is 10.4 Å². The van der Waals surface area contributed by atoms with Crippen LogP contribution in [0, 0.1) is 17.8 Å². The summed E-state index contributed by atoms with van der Waals surface area (Å²) in [7, 11) is 0. The van der Waals surface area contributed by atoms with Crippen molar-refractivity contribution in [1.29, 1.82) is 0 Å². The Morgan fingerprint density at radius 2 is 2.12 bits per heavy atom. The number of hydrogen-bond donors (Lipinski definition) is 2. The second-order valence-electron chi connectivity index (χ2n) is 4.76. The van der Waals surface area contributed by atoms with Gasteiger partial charge in [-0.2, -0.15) is 13.2 Å². The van der Waals surface area contributed by atoms with Crippen LogP contribution < -0.4 is 5.32 Å². The molecule has 17 heavy (non-hydrogen) atoms. The van der Waals surface area contributed by atoms with Crippen molar-refractivity contribution in [2.45, 2.75) is 32.4 Å². The van der Waals surface area contributed by atoms with Gasteiger partial charge in [-0.15, -0.1) is 0 Å². The van der Waals surface area contributed by atoms with Crippen molar-refractivity contribution in [2.24, 2.45) is 17.8 Å². The maximum atomic E-state index is 12.3. The SMILES string of the molecule is CC1CCCC1CNCC(C(=O)O)C(F)(F)F. The van der Waals surface area contributed by atoms with Crippen LogP contribution in [-0.2, 0) is 4.79 Å². The lowest BCUT2D eigenvalue weighted by atomic mass is 9.98. The van der Waals surface area contributed by atoms with E-state index in [2.05, 4.69) is 12.2 Å². The molecule has 1 rings (SSSR count). The highest BCUT2D eigenvalue weighted by Gasteiger charge is 2.44. The van der Waals surface area contributed by atoms with Crippen molar-refractivity contribution >= 4 is 5.97 Å². The largest absolute Gasteiger partial charge is 0.481 e. The first kappa shape index (κ1) is 14.3. The Labute approximate surface area is 98.4 Å². The molecule has 1 saturated carbocycles. The molecule has 0 aromatic rings. The lowest BCUT2D eigenvalue weighted by Crippen LogP contribution is -2.40. The first-order chi connectivity index (χ1) is 7.82. The van der Waals surface area contributed by atoms with Crippen molar-refractivity contribution in [3.63, 3.8) is 0 Å². The molecule has 1 aliphatic carbocycles. The van der Waals surface area contributed by atoms with Crippen LogP contribution >= 0.6 is 0 Å². The minimum absolute atomic E-state index is 0.373. The van der Waals surface area contributed by atoms with Crippen molar-refractivity contribution in [3.8, 4) is 0 Å². The van der Waals surface area contributed by atoms with Crippen LogP contribution in [-0.4, -0.2) is 30.3 Å². The van der Waals surface area contributed by atoms with Crippen molar-refractivity contribution in [2.75, 3.05) is 13.1 Å². The summed E-state index contributed by atoms with van der Waals surface area (Å²) in [6, 6.07) is 0. The Hall–Kier alpha value is -0.780. The van der Waals surface area contributed by atoms with Crippen LogP contribution in [0.2, 0.25) is 0 Å². The van der Waals surface area contributed by atoms with Gasteiger partial charge in [0.1, 0.15) is 0 Å². The summed E-state index contributed by atoms with van der Waals surface area (Å²) in [5.41, 5.74) is 0. The lowest BCUT2D eigenvalue weighted by Gasteiger charge is -2.20. The Kier molecular flexibility index (Phi) is 4.80. The third kappa shape index (κ3) is 4.18. The molecule has 2 N–H and O–H groups in total. The van der Waals surface area contributed by atoms with Crippen LogP contribution in [0.5, 0.6) is 0 Å². The molecule has 3 unspecified atom stereocenters. The Morgan fingerprint density at radius 3 is 2.53 bits per heavy atom. The van der Waals surface area contributed by atoms with Crippen LogP contribution in [0.15, 0.2) is 0 Å². The minimum Gasteiger partial charge on any atom is -0.481 e. The van der Waals surface area contributed by atoms with Crippen LogP contribution in [0.3, 0.4) is 0 Å². The van der Waals surface area contributed by atoms with E-state index in [1.54, 1.807) is 0 Å². The van der Waals surface area contributed by atoms with E-state index in [4.69, 9.17) is 5.11 Å². The van der Waals surface area contributed by atoms with Crippen molar-refractivity contribution < 1.29 is 23.1 Å². The standard InChI is InChI=1S/C11H18F3NO2/c1-7-3-2-4-8(7)5-15-6-9(10(16)17)11(12,13)14/h7-9,15H,2-6H2,1H3,(H,16,17). The van der Waals surface area contributed by atoms with Gasteiger partial charge in [0.25, 0.3) is 0 Å². The number of halogens is 3. The van der Waals surface area contributed by atoms with Gasteiger partial charge in [0.2, 0.25) is 0 Å². The summed E-state index contributed by atoms with van der Waals surface area (Å²) in [6.07, 6.45) is -1.46. The van der Waals surface area contributed by atoms with Gasteiger partial charge in [0.15, 0.2) is 5.92 Å². The topological polar surface area (TPSA) is 49.3 Å². The molecule has 100 valence electrons. The van der Waals surface area contributed by atoms with Gasteiger partial charge in [-0.3, -0.25) is 4.79 Å². The molecule has 6 heteroatoms. The molecule has 0 heterocycles. The number of carboxylic acids is 1. The minimum atomic E-state index is -4.68. The molecule has 1 aliphatic rings. The summed E-state index contributed by atoms with van der Waals surface area (Å²) in [6.45, 7) is 2.01. The summed E-state index contributed by atoms with van der Waals surface area (Å²) in [5.74, 6) is -3.24. The van der Waals surface area contributed by atoms with Gasteiger partial charge >= 0.3 is 12.1 Å². The number of nitrogens with one attached hydrogen (secondary N) is 1. The molecular formula is C11H18F3NO2. The maximum absolute atomic E-state index is 12.3. The molecule has 0 aromatic heterocycles. The first-order valence-corrected chi connectivity index (χ1v) is 5.82. The van der Waals surface area contributed by atoms with Gasteiger partial charge in [-0.25, -0.2) is 0 Å². The number of alkyl halides is 3. The number of aliphatic carboxylic acids is 1. The zero-order valence-corrected chi connectivity index (χ0v) is 9.76. The van der Waals surface area contributed by atoms with Crippen LogP contribution in [0.4, 0.5) is 13.2 Å². The zero-order valence-electron chi connectivity index (χ0n) is 9.76. The van der Waals surface area contributed by atoms with Crippen LogP contribution in [0.25, 0.3) is 0 Å². The maximum Gasteiger partial charge on any atom is 0.403 e. The van der Waals surface area contributed by atoms with Gasteiger partial charge in [-0.1, -0.05) is 19.8 Å². The van der Waals surface area contributed by atoms with E-state index in [0.717, 1.165) is 19.3 Å². The lowest BCUT2D eigenvalue weighted by molar-refractivity contribution is -0.192. The summed E-state index contributed by atoms with van der Waals surface area (Å²) >= 11 is 0. The monoisotopic (exact) mass is 253 g/mol. The molecule has 1 fully saturated rings. The second-order valence-corrected chi connectivity index (χ2v) is 4.76. The smallest absolute Gasteiger partial charge is 0.403 e. The van der Waals surface area contributed by atoms with E-state index in [-0.39, 0.29) is 0 Å². The first-order valence-electron chi connectivity index (χ1n) is 5.82. The highest BCUT2D eigenvalue weighted by Crippen LogP contribution is 2.31. The number of hydrogen-bond acceptors (Lipinski definition) is 2. The highest BCUT2D eigenvalue weighted by atomic mass is 19.4. The van der Waals surface area contributed by atoms with E-state index < -0.39 is 24.6 Å². The predicted molar refractivity (Wildman–Crippen MR) is 56.6 cm³/mol. The van der Waals surface area contributed by atoms with E-state index in [9.17, 15) is 18.0 Å². The van der Waals surface area contributed by atoms with Gasteiger partial charge in [-0.05, 0) is 24.8 Å². The third-order valence-corrected chi connectivity index (χ3v) is 3.49. The normalized spacial score (nSPS) is 27.1. The average Bonchev–Trinajstić information content (AvgIpc) is 2.56. The Balaban J connectivity index is 2.35. The molecular weight excluding hydrogens is 235 g/mol. The number of carbonyl (C=O) groups is 1. The molecule has 0 spiro atoms. The van der Waals surface area contributed by atoms with E-state index in [1.807, 2.05) is 0 Å². The molecule has 0 amide bonds. The fourth-order valence-electron chi connectivity index (χ4n) is 2.28. The van der Waals surface area contributed by atoms with Crippen LogP contribution in [0.1, 0.15) is 26.2 Å². The predicted octanol–water partition coefficient (Wildman–Crippen LogP) is 2.28. The second kappa shape index (κ2) is 5.71. The van der Waals surface area contributed by atoms with Gasteiger partial charge in [0.05, 0.1) is 0 Å². The molecule has 3 atom stereocenters. The van der Waals surface area contributed by atoms with Gasteiger partial charge in [0, 0.05) is 6.54 Å². The molecule has 0 saturated heterocycles.